The average Bonchev–Trinajstić information content (AvgIpc) is 2.57. The molecule has 25 heavy (non-hydrogen) atoms. The molecule has 0 saturated carbocycles. The Morgan fingerprint density at radius 3 is 2.52 bits per heavy atom. The van der Waals surface area contributed by atoms with Gasteiger partial charge in [-0.1, -0.05) is 28.1 Å². The molecule has 6 nitrogen and oxygen atoms in total. The summed E-state index contributed by atoms with van der Waals surface area (Å²) in [6.07, 6.45) is 0. The van der Waals surface area contributed by atoms with E-state index in [4.69, 9.17) is 0 Å². The number of hydrogen-bond acceptors (Lipinski definition) is 4. The van der Waals surface area contributed by atoms with Crippen LogP contribution >= 0.6 is 31.9 Å². The second-order valence-electron chi connectivity index (χ2n) is 5.07. The first-order valence-corrected chi connectivity index (χ1v) is 10.1. The highest BCUT2D eigenvalue weighted by Crippen LogP contribution is 2.28. The second-order valence-corrected chi connectivity index (χ2v) is 8.49. The van der Waals surface area contributed by atoms with Crippen molar-refractivity contribution >= 4 is 47.6 Å². The Hall–Kier alpha value is -1.97. The molecule has 0 unspecified atom stereocenters. The van der Waals surface area contributed by atoms with Crippen molar-refractivity contribution < 1.29 is 8.42 Å². The SMILES string of the molecule is O=c1ccc(-c2cccc(NS(=O)(=O)c3cc(Br)ccc3Br)c2)n[nH]1. The van der Waals surface area contributed by atoms with Crippen LogP contribution in [0.25, 0.3) is 11.3 Å². The summed E-state index contributed by atoms with van der Waals surface area (Å²) < 4.78 is 28.9. The van der Waals surface area contributed by atoms with Crippen molar-refractivity contribution in [3.05, 3.63) is 73.9 Å². The monoisotopic (exact) mass is 483 g/mol. The Balaban J connectivity index is 1.95. The average molecular weight is 485 g/mol. The quantitative estimate of drug-likeness (QED) is 0.589. The Bertz CT molecular complexity index is 1080. The molecule has 0 aliphatic rings. The summed E-state index contributed by atoms with van der Waals surface area (Å²) in [7, 11) is -3.78. The Kier molecular flexibility index (Phi) is 5.07. The molecule has 0 saturated heterocycles. The van der Waals surface area contributed by atoms with Crippen LogP contribution in [0.2, 0.25) is 0 Å². The Labute approximate surface area is 160 Å². The molecule has 2 N–H and O–H groups in total. The van der Waals surface area contributed by atoms with Crippen molar-refractivity contribution in [1.29, 1.82) is 0 Å². The highest BCUT2D eigenvalue weighted by Gasteiger charge is 2.18. The molecule has 0 radical (unpaired) electrons. The van der Waals surface area contributed by atoms with Gasteiger partial charge in [-0.2, -0.15) is 5.10 Å². The molecular formula is C16H11Br2N3O3S. The van der Waals surface area contributed by atoms with Gasteiger partial charge in [0.25, 0.3) is 15.6 Å². The summed E-state index contributed by atoms with van der Waals surface area (Å²) >= 11 is 6.53. The van der Waals surface area contributed by atoms with E-state index >= 15 is 0 Å². The molecule has 2 aromatic carbocycles. The molecule has 128 valence electrons. The zero-order valence-corrected chi connectivity index (χ0v) is 16.5. The number of hydrogen-bond donors (Lipinski definition) is 2. The Morgan fingerprint density at radius 1 is 1.00 bits per heavy atom. The maximum Gasteiger partial charge on any atom is 0.264 e. The van der Waals surface area contributed by atoms with E-state index < -0.39 is 10.0 Å². The zero-order valence-electron chi connectivity index (χ0n) is 12.5. The van der Waals surface area contributed by atoms with Gasteiger partial charge in [0.05, 0.1) is 5.69 Å². The summed E-state index contributed by atoms with van der Waals surface area (Å²) in [5, 5.41) is 6.29. The molecular weight excluding hydrogens is 474 g/mol. The number of nitrogens with zero attached hydrogens (tertiary/aromatic N) is 1. The number of rotatable bonds is 4. The first kappa shape index (κ1) is 17.8. The van der Waals surface area contributed by atoms with Gasteiger partial charge in [-0.25, -0.2) is 13.5 Å². The van der Waals surface area contributed by atoms with Crippen molar-refractivity contribution in [3.63, 3.8) is 0 Å². The van der Waals surface area contributed by atoms with Crippen LogP contribution in [0.3, 0.4) is 0 Å². The van der Waals surface area contributed by atoms with E-state index in [0.717, 1.165) is 0 Å². The standard InChI is InChI=1S/C16H11Br2N3O3S/c17-11-4-5-13(18)15(9-11)25(23,24)21-12-3-1-2-10(8-12)14-6-7-16(22)20-19-14/h1-9,21H,(H,20,22). The van der Waals surface area contributed by atoms with E-state index in [9.17, 15) is 13.2 Å². The molecule has 1 heterocycles. The summed E-state index contributed by atoms with van der Waals surface area (Å²) in [6.45, 7) is 0. The number of H-pyrrole nitrogens is 1. The van der Waals surface area contributed by atoms with Crippen molar-refractivity contribution in [1.82, 2.24) is 10.2 Å². The van der Waals surface area contributed by atoms with Crippen molar-refractivity contribution in [3.8, 4) is 11.3 Å². The number of aromatic amines is 1. The third-order valence-corrected chi connectivity index (χ3v) is 6.14. The molecule has 0 aliphatic heterocycles. The van der Waals surface area contributed by atoms with Gasteiger partial charge in [-0.3, -0.25) is 9.52 Å². The fourth-order valence-corrected chi connectivity index (χ4v) is 4.69. The molecule has 9 heteroatoms. The maximum absolute atomic E-state index is 12.6. The van der Waals surface area contributed by atoms with Gasteiger partial charge in [0, 0.05) is 26.3 Å². The molecule has 3 rings (SSSR count). The minimum atomic E-state index is -3.78. The molecule has 0 aliphatic carbocycles. The zero-order chi connectivity index (χ0) is 18.0. The number of benzene rings is 2. The van der Waals surface area contributed by atoms with Crippen LogP contribution in [0.4, 0.5) is 5.69 Å². The first-order chi connectivity index (χ1) is 11.8. The lowest BCUT2D eigenvalue weighted by atomic mass is 10.1. The van der Waals surface area contributed by atoms with Gasteiger partial charge >= 0.3 is 0 Å². The van der Waals surface area contributed by atoms with Gasteiger partial charge in [-0.15, -0.1) is 0 Å². The van der Waals surface area contributed by atoms with Crippen LogP contribution < -0.4 is 10.3 Å². The van der Waals surface area contributed by atoms with Crippen molar-refractivity contribution in [2.75, 3.05) is 4.72 Å². The molecule has 0 amide bonds. The number of halogens is 2. The summed E-state index contributed by atoms with van der Waals surface area (Å²) in [4.78, 5) is 11.2. The number of sulfonamides is 1. The number of aromatic nitrogens is 2. The fourth-order valence-electron chi connectivity index (χ4n) is 2.14. The van der Waals surface area contributed by atoms with Gasteiger partial charge < -0.3 is 0 Å². The van der Waals surface area contributed by atoms with E-state index in [1.165, 1.54) is 12.1 Å². The predicted octanol–water partition coefficient (Wildman–Crippen LogP) is 3.76. The second kappa shape index (κ2) is 7.11. The van der Waals surface area contributed by atoms with Gasteiger partial charge in [0.15, 0.2) is 0 Å². The minimum absolute atomic E-state index is 0.120. The van der Waals surface area contributed by atoms with E-state index in [1.807, 2.05) is 0 Å². The van der Waals surface area contributed by atoms with Crippen LogP contribution in [0.1, 0.15) is 0 Å². The molecule has 0 fully saturated rings. The largest absolute Gasteiger partial charge is 0.280 e. The number of nitrogens with one attached hydrogen (secondary N) is 2. The summed E-state index contributed by atoms with van der Waals surface area (Å²) in [5.41, 5.74) is 1.28. The highest BCUT2D eigenvalue weighted by atomic mass is 79.9. The molecule has 0 bridgehead atoms. The van der Waals surface area contributed by atoms with Crippen LogP contribution in [0, 0.1) is 0 Å². The first-order valence-electron chi connectivity index (χ1n) is 6.99. The summed E-state index contributed by atoms with van der Waals surface area (Å²) in [6, 6.07) is 14.6. The van der Waals surface area contributed by atoms with Crippen LogP contribution in [0.15, 0.2) is 73.2 Å². The van der Waals surface area contributed by atoms with E-state index in [-0.39, 0.29) is 10.5 Å². The van der Waals surface area contributed by atoms with Gasteiger partial charge in [0.2, 0.25) is 0 Å². The molecule has 3 aromatic rings. The maximum atomic E-state index is 12.6. The van der Waals surface area contributed by atoms with E-state index in [0.29, 0.717) is 25.9 Å². The highest BCUT2D eigenvalue weighted by molar-refractivity contribution is 9.11. The van der Waals surface area contributed by atoms with Gasteiger partial charge in [-0.05, 0) is 52.3 Å². The van der Waals surface area contributed by atoms with Crippen LogP contribution in [0.5, 0.6) is 0 Å². The molecule has 0 atom stereocenters. The topological polar surface area (TPSA) is 91.9 Å². The van der Waals surface area contributed by atoms with E-state index in [1.54, 1.807) is 42.5 Å². The molecule has 1 aromatic heterocycles. The predicted molar refractivity (Wildman–Crippen MR) is 103 cm³/mol. The number of anilines is 1. The van der Waals surface area contributed by atoms with E-state index in [2.05, 4.69) is 46.8 Å². The fraction of sp³-hybridized carbons (Fsp3) is 0. The third kappa shape index (κ3) is 4.17. The third-order valence-electron chi connectivity index (χ3n) is 3.27. The smallest absolute Gasteiger partial charge is 0.264 e. The lowest BCUT2D eigenvalue weighted by Gasteiger charge is -2.11. The van der Waals surface area contributed by atoms with Crippen LogP contribution in [-0.4, -0.2) is 18.6 Å². The van der Waals surface area contributed by atoms with Gasteiger partial charge in [0.1, 0.15) is 4.90 Å². The minimum Gasteiger partial charge on any atom is -0.280 e. The Morgan fingerprint density at radius 2 is 1.80 bits per heavy atom. The lowest BCUT2D eigenvalue weighted by molar-refractivity contribution is 0.600. The lowest BCUT2D eigenvalue weighted by Crippen LogP contribution is -2.13. The summed E-state index contributed by atoms with van der Waals surface area (Å²) in [5.74, 6) is 0. The normalized spacial score (nSPS) is 11.3. The molecule has 0 spiro atoms. The van der Waals surface area contributed by atoms with Crippen LogP contribution in [-0.2, 0) is 10.0 Å². The van der Waals surface area contributed by atoms with Crippen molar-refractivity contribution in [2.45, 2.75) is 4.90 Å². The van der Waals surface area contributed by atoms with Crippen molar-refractivity contribution in [2.24, 2.45) is 0 Å².